The van der Waals surface area contributed by atoms with Crippen LogP contribution in [0.5, 0.6) is 0 Å². The number of aromatic nitrogens is 2. The zero-order valence-electron chi connectivity index (χ0n) is 14.9. The largest absolute Gasteiger partial charge is 0.377 e. The lowest BCUT2D eigenvalue weighted by molar-refractivity contribution is -0.00382. The summed E-state index contributed by atoms with van der Waals surface area (Å²) >= 11 is 0. The highest BCUT2D eigenvalue weighted by molar-refractivity contribution is 5.54. The molecule has 5 heteroatoms. The van der Waals surface area contributed by atoms with Gasteiger partial charge in [-0.1, -0.05) is 43.3 Å². The van der Waals surface area contributed by atoms with Gasteiger partial charge in [-0.15, -0.1) is 0 Å². The summed E-state index contributed by atoms with van der Waals surface area (Å²) in [6.45, 7) is 6.81. The Kier molecular flexibility index (Phi) is 5.63. The Morgan fingerprint density at radius 2 is 2.00 bits per heavy atom. The normalized spacial score (nSPS) is 18.5. The molecule has 1 saturated heterocycles. The maximum absolute atomic E-state index is 5.78. The number of ether oxygens (including phenoxy) is 1. The molecule has 0 spiro atoms. The molecule has 1 aliphatic rings. The van der Waals surface area contributed by atoms with Gasteiger partial charge in [-0.3, -0.25) is 4.90 Å². The third-order valence-electron chi connectivity index (χ3n) is 4.50. The fraction of sp³-hybridized carbons (Fsp3) is 0.579. The van der Waals surface area contributed by atoms with E-state index in [1.807, 2.05) is 0 Å². The van der Waals surface area contributed by atoms with E-state index in [0.717, 1.165) is 25.1 Å². The van der Waals surface area contributed by atoms with Crippen LogP contribution in [0.15, 0.2) is 28.8 Å². The van der Waals surface area contributed by atoms with Crippen molar-refractivity contribution in [2.45, 2.75) is 51.7 Å². The van der Waals surface area contributed by atoms with Crippen LogP contribution in [-0.4, -0.2) is 41.3 Å². The molecule has 5 nitrogen and oxygen atoms in total. The summed E-state index contributed by atoms with van der Waals surface area (Å²) in [7, 11) is 2.07. The predicted octanol–water partition coefficient (Wildman–Crippen LogP) is 3.86. The van der Waals surface area contributed by atoms with Gasteiger partial charge in [0.05, 0.1) is 12.6 Å². The minimum Gasteiger partial charge on any atom is -0.377 e. The molecule has 0 amide bonds. The zero-order valence-corrected chi connectivity index (χ0v) is 14.9. The molecule has 130 valence electrons. The second-order valence-electron chi connectivity index (χ2n) is 6.97. The molecule has 2 aromatic rings. The molecule has 0 aliphatic carbocycles. The Balaban J connectivity index is 1.58. The van der Waals surface area contributed by atoms with Gasteiger partial charge in [0.2, 0.25) is 11.7 Å². The molecule has 1 unspecified atom stereocenters. The first kappa shape index (κ1) is 17.1. The van der Waals surface area contributed by atoms with E-state index in [-0.39, 0.29) is 0 Å². The lowest BCUT2D eigenvalue weighted by atomic mass is 10.0. The van der Waals surface area contributed by atoms with Crippen LogP contribution in [0.4, 0.5) is 0 Å². The van der Waals surface area contributed by atoms with Gasteiger partial charge in [0.15, 0.2) is 0 Å². The third-order valence-corrected chi connectivity index (χ3v) is 4.50. The standard InChI is InChI=1S/C19H27N3O2/c1-14(2)15-7-9-16(10-8-15)19-20-18(24-21-19)13-22(3)12-17-6-4-5-11-23-17/h7-10,14,17H,4-6,11-13H2,1-3H3. The number of nitrogens with zero attached hydrogens (tertiary/aromatic N) is 3. The van der Waals surface area contributed by atoms with Gasteiger partial charge < -0.3 is 9.26 Å². The van der Waals surface area contributed by atoms with E-state index in [1.54, 1.807) is 0 Å². The van der Waals surface area contributed by atoms with E-state index < -0.39 is 0 Å². The highest BCUT2D eigenvalue weighted by Crippen LogP contribution is 2.21. The first-order chi connectivity index (χ1) is 11.6. The van der Waals surface area contributed by atoms with Gasteiger partial charge in [-0.2, -0.15) is 4.98 Å². The smallest absolute Gasteiger partial charge is 0.241 e. The lowest BCUT2D eigenvalue weighted by Gasteiger charge is -2.26. The van der Waals surface area contributed by atoms with Crippen LogP contribution < -0.4 is 0 Å². The van der Waals surface area contributed by atoms with E-state index >= 15 is 0 Å². The monoisotopic (exact) mass is 329 g/mol. The van der Waals surface area contributed by atoms with E-state index in [0.29, 0.717) is 30.3 Å². The Morgan fingerprint density at radius 3 is 2.67 bits per heavy atom. The molecule has 1 aromatic carbocycles. The third kappa shape index (κ3) is 4.42. The van der Waals surface area contributed by atoms with Crippen molar-refractivity contribution >= 4 is 0 Å². The average molecular weight is 329 g/mol. The van der Waals surface area contributed by atoms with Gasteiger partial charge in [-0.05, 0) is 37.8 Å². The van der Waals surface area contributed by atoms with Crippen LogP contribution in [0.3, 0.4) is 0 Å². The van der Waals surface area contributed by atoms with Crippen molar-refractivity contribution in [2.75, 3.05) is 20.2 Å². The molecule has 1 aromatic heterocycles. The van der Waals surface area contributed by atoms with Gasteiger partial charge >= 0.3 is 0 Å². The Morgan fingerprint density at radius 1 is 1.21 bits per heavy atom. The second kappa shape index (κ2) is 7.90. The molecule has 24 heavy (non-hydrogen) atoms. The van der Waals surface area contributed by atoms with Crippen LogP contribution >= 0.6 is 0 Å². The highest BCUT2D eigenvalue weighted by atomic mass is 16.5. The summed E-state index contributed by atoms with van der Waals surface area (Å²) in [5.74, 6) is 1.83. The van der Waals surface area contributed by atoms with Crippen LogP contribution in [0.2, 0.25) is 0 Å². The summed E-state index contributed by atoms with van der Waals surface area (Å²) in [6, 6.07) is 8.37. The van der Waals surface area contributed by atoms with Crippen molar-refractivity contribution in [2.24, 2.45) is 0 Å². The summed E-state index contributed by atoms with van der Waals surface area (Å²) in [5, 5.41) is 4.12. The van der Waals surface area contributed by atoms with E-state index in [4.69, 9.17) is 9.26 Å². The number of hydrogen-bond donors (Lipinski definition) is 0. The van der Waals surface area contributed by atoms with Crippen LogP contribution in [0, 0.1) is 0 Å². The summed E-state index contributed by atoms with van der Waals surface area (Å²) in [6.07, 6.45) is 3.91. The van der Waals surface area contributed by atoms with Crippen molar-refractivity contribution in [3.8, 4) is 11.4 Å². The van der Waals surface area contributed by atoms with Crippen LogP contribution in [-0.2, 0) is 11.3 Å². The van der Waals surface area contributed by atoms with E-state index in [2.05, 4.69) is 60.2 Å². The highest BCUT2D eigenvalue weighted by Gasteiger charge is 2.17. The fourth-order valence-electron chi connectivity index (χ4n) is 3.05. The molecular formula is C19H27N3O2. The fourth-order valence-corrected chi connectivity index (χ4v) is 3.05. The molecule has 0 bridgehead atoms. The number of benzene rings is 1. The lowest BCUT2D eigenvalue weighted by Crippen LogP contribution is -2.33. The molecule has 1 aliphatic heterocycles. The molecule has 1 atom stereocenters. The van der Waals surface area contributed by atoms with Crippen molar-refractivity contribution in [1.82, 2.24) is 15.0 Å². The first-order valence-corrected chi connectivity index (χ1v) is 8.85. The van der Waals surface area contributed by atoms with Crippen molar-refractivity contribution in [3.05, 3.63) is 35.7 Å². The van der Waals surface area contributed by atoms with Gasteiger partial charge in [0.1, 0.15) is 0 Å². The van der Waals surface area contributed by atoms with E-state index in [1.165, 1.54) is 18.4 Å². The minimum absolute atomic E-state index is 0.328. The van der Waals surface area contributed by atoms with Gasteiger partial charge in [0.25, 0.3) is 0 Å². The van der Waals surface area contributed by atoms with Crippen molar-refractivity contribution in [3.63, 3.8) is 0 Å². The maximum Gasteiger partial charge on any atom is 0.241 e. The SMILES string of the molecule is CC(C)c1ccc(-c2noc(CN(C)CC3CCCCO3)n2)cc1. The number of rotatable bonds is 6. The molecule has 0 saturated carbocycles. The van der Waals surface area contributed by atoms with Gasteiger partial charge in [-0.25, -0.2) is 0 Å². The number of likely N-dealkylation sites (N-methyl/N-ethyl adjacent to an activating group) is 1. The zero-order chi connectivity index (χ0) is 16.9. The summed E-state index contributed by atoms with van der Waals surface area (Å²) in [4.78, 5) is 6.72. The quantitative estimate of drug-likeness (QED) is 0.805. The molecule has 3 rings (SSSR count). The Bertz CT molecular complexity index is 630. The van der Waals surface area contributed by atoms with Crippen molar-refractivity contribution < 1.29 is 9.26 Å². The second-order valence-corrected chi connectivity index (χ2v) is 6.97. The topological polar surface area (TPSA) is 51.4 Å². The summed E-state index contributed by atoms with van der Waals surface area (Å²) in [5.41, 5.74) is 2.31. The van der Waals surface area contributed by atoms with Crippen molar-refractivity contribution in [1.29, 1.82) is 0 Å². The molecular weight excluding hydrogens is 302 g/mol. The van der Waals surface area contributed by atoms with Crippen LogP contribution in [0.25, 0.3) is 11.4 Å². The predicted molar refractivity (Wildman–Crippen MR) is 93.7 cm³/mol. The molecule has 0 radical (unpaired) electrons. The molecule has 2 heterocycles. The van der Waals surface area contributed by atoms with E-state index in [9.17, 15) is 0 Å². The number of hydrogen-bond acceptors (Lipinski definition) is 5. The van der Waals surface area contributed by atoms with Crippen LogP contribution in [0.1, 0.15) is 50.5 Å². The summed E-state index contributed by atoms with van der Waals surface area (Å²) < 4.78 is 11.2. The first-order valence-electron chi connectivity index (χ1n) is 8.85. The molecule has 0 N–H and O–H groups in total. The molecule has 1 fully saturated rings. The minimum atomic E-state index is 0.328. The van der Waals surface area contributed by atoms with Gasteiger partial charge in [0, 0.05) is 18.7 Å². The average Bonchev–Trinajstić information content (AvgIpc) is 3.04. The Labute approximate surface area is 144 Å². The Hall–Kier alpha value is -1.72. The maximum atomic E-state index is 5.78.